The largest absolute Gasteiger partial charge is 0.506 e. The number of benzene rings is 1. The molecular formula is C11H13NO. The van der Waals surface area contributed by atoms with E-state index >= 15 is 0 Å². The van der Waals surface area contributed by atoms with Crippen molar-refractivity contribution in [2.45, 2.75) is 13.8 Å². The van der Waals surface area contributed by atoms with Gasteiger partial charge in [0.2, 0.25) is 0 Å². The van der Waals surface area contributed by atoms with E-state index in [1.165, 1.54) is 0 Å². The van der Waals surface area contributed by atoms with E-state index in [0.717, 1.165) is 11.3 Å². The van der Waals surface area contributed by atoms with Gasteiger partial charge in [-0.25, -0.2) is 0 Å². The zero-order valence-electron chi connectivity index (χ0n) is 7.91. The molecule has 0 radical (unpaired) electrons. The van der Waals surface area contributed by atoms with Gasteiger partial charge in [0.25, 0.3) is 0 Å². The quantitative estimate of drug-likeness (QED) is 0.688. The Labute approximate surface area is 78.3 Å². The van der Waals surface area contributed by atoms with Gasteiger partial charge in [0.1, 0.15) is 11.4 Å². The summed E-state index contributed by atoms with van der Waals surface area (Å²) in [6.07, 6.45) is 1.68. The van der Waals surface area contributed by atoms with Crippen LogP contribution in [0.5, 0.6) is 5.75 Å². The fourth-order valence-electron chi connectivity index (χ4n) is 1.06. The van der Waals surface area contributed by atoms with Crippen molar-refractivity contribution in [2.24, 2.45) is 4.99 Å². The zero-order valence-corrected chi connectivity index (χ0v) is 7.91. The molecule has 0 aliphatic carbocycles. The van der Waals surface area contributed by atoms with Gasteiger partial charge >= 0.3 is 0 Å². The predicted octanol–water partition coefficient (Wildman–Crippen LogP) is 3.15. The van der Waals surface area contributed by atoms with Crippen molar-refractivity contribution in [1.29, 1.82) is 0 Å². The van der Waals surface area contributed by atoms with E-state index in [0.29, 0.717) is 5.69 Å². The van der Waals surface area contributed by atoms with E-state index in [2.05, 4.69) is 11.6 Å². The molecule has 0 spiro atoms. The standard InChI is InChI=1S/C11H13NO/c1-4-9-6-5-7-10(13)11(9)12-8(2)3/h4-7,13H,1H2,2-3H3. The van der Waals surface area contributed by atoms with Crippen LogP contribution in [0, 0.1) is 0 Å². The summed E-state index contributed by atoms with van der Waals surface area (Å²) in [5.74, 6) is 0.193. The maximum Gasteiger partial charge on any atom is 0.141 e. The molecule has 0 bridgehead atoms. The van der Waals surface area contributed by atoms with E-state index < -0.39 is 0 Å². The molecule has 0 heterocycles. The molecule has 1 aromatic rings. The number of para-hydroxylation sites is 1. The Bertz CT molecular complexity index is 349. The van der Waals surface area contributed by atoms with Crippen LogP contribution in [-0.2, 0) is 0 Å². The summed E-state index contributed by atoms with van der Waals surface area (Å²) in [5, 5.41) is 9.52. The maximum absolute atomic E-state index is 9.52. The summed E-state index contributed by atoms with van der Waals surface area (Å²) in [4.78, 5) is 4.23. The topological polar surface area (TPSA) is 32.6 Å². The second-order valence-electron chi connectivity index (χ2n) is 2.98. The van der Waals surface area contributed by atoms with Gasteiger partial charge in [0, 0.05) is 11.3 Å². The summed E-state index contributed by atoms with van der Waals surface area (Å²) in [5.41, 5.74) is 2.35. The molecule has 1 aromatic carbocycles. The Kier molecular flexibility index (Phi) is 2.85. The molecule has 0 saturated heterocycles. The third-order valence-corrected chi connectivity index (χ3v) is 1.60. The van der Waals surface area contributed by atoms with Gasteiger partial charge in [0.15, 0.2) is 0 Å². The molecule has 0 amide bonds. The second kappa shape index (κ2) is 3.90. The van der Waals surface area contributed by atoms with E-state index in [1.54, 1.807) is 18.2 Å². The highest BCUT2D eigenvalue weighted by atomic mass is 16.3. The fraction of sp³-hybridized carbons (Fsp3) is 0.182. The van der Waals surface area contributed by atoms with Crippen molar-refractivity contribution in [3.05, 3.63) is 30.3 Å². The number of aliphatic imine (C=N–C) groups is 1. The molecule has 0 atom stereocenters. The van der Waals surface area contributed by atoms with Crippen molar-refractivity contribution in [3.63, 3.8) is 0 Å². The summed E-state index contributed by atoms with van der Waals surface area (Å²) in [7, 11) is 0. The molecule has 2 nitrogen and oxygen atoms in total. The first-order valence-electron chi connectivity index (χ1n) is 4.11. The molecule has 1 rings (SSSR count). The van der Waals surface area contributed by atoms with Gasteiger partial charge in [0.05, 0.1) is 0 Å². The van der Waals surface area contributed by atoms with Crippen molar-refractivity contribution in [2.75, 3.05) is 0 Å². The average Bonchev–Trinajstić information content (AvgIpc) is 2.08. The summed E-state index contributed by atoms with van der Waals surface area (Å²) < 4.78 is 0. The van der Waals surface area contributed by atoms with Crippen LogP contribution in [0.25, 0.3) is 6.08 Å². The lowest BCUT2D eigenvalue weighted by atomic mass is 10.1. The Morgan fingerprint density at radius 1 is 1.46 bits per heavy atom. The minimum absolute atomic E-state index is 0.193. The number of phenolic OH excluding ortho intramolecular Hbond substituents is 1. The maximum atomic E-state index is 9.52. The minimum atomic E-state index is 0.193. The molecule has 13 heavy (non-hydrogen) atoms. The first kappa shape index (κ1) is 9.52. The summed E-state index contributed by atoms with van der Waals surface area (Å²) >= 11 is 0. The van der Waals surface area contributed by atoms with Crippen molar-refractivity contribution in [3.8, 4) is 5.75 Å². The van der Waals surface area contributed by atoms with E-state index in [-0.39, 0.29) is 5.75 Å². The van der Waals surface area contributed by atoms with Crippen molar-refractivity contribution < 1.29 is 5.11 Å². The smallest absolute Gasteiger partial charge is 0.141 e. The Morgan fingerprint density at radius 3 is 2.69 bits per heavy atom. The fourth-order valence-corrected chi connectivity index (χ4v) is 1.06. The van der Waals surface area contributed by atoms with Crippen LogP contribution in [-0.4, -0.2) is 10.8 Å². The van der Waals surface area contributed by atoms with Gasteiger partial charge in [-0.3, -0.25) is 4.99 Å². The highest BCUT2D eigenvalue weighted by Crippen LogP contribution is 2.31. The van der Waals surface area contributed by atoms with Gasteiger partial charge in [-0.1, -0.05) is 24.8 Å². The molecule has 1 N–H and O–H groups in total. The number of rotatable bonds is 2. The van der Waals surface area contributed by atoms with E-state index in [9.17, 15) is 5.11 Å². The molecule has 0 fully saturated rings. The summed E-state index contributed by atoms with van der Waals surface area (Å²) in [6.45, 7) is 7.44. The third-order valence-electron chi connectivity index (χ3n) is 1.60. The van der Waals surface area contributed by atoms with E-state index in [4.69, 9.17) is 0 Å². The van der Waals surface area contributed by atoms with Crippen LogP contribution in [0.4, 0.5) is 5.69 Å². The summed E-state index contributed by atoms with van der Waals surface area (Å²) in [6, 6.07) is 5.26. The first-order chi connectivity index (χ1) is 6.15. The lowest BCUT2D eigenvalue weighted by Crippen LogP contribution is -1.81. The lowest BCUT2D eigenvalue weighted by Gasteiger charge is -2.03. The molecule has 2 heteroatoms. The lowest BCUT2D eigenvalue weighted by molar-refractivity contribution is 0.477. The molecule has 68 valence electrons. The molecular weight excluding hydrogens is 162 g/mol. The average molecular weight is 175 g/mol. The SMILES string of the molecule is C=Cc1cccc(O)c1N=C(C)C. The normalized spacial score (nSPS) is 9.38. The predicted molar refractivity (Wildman–Crippen MR) is 56.6 cm³/mol. The highest BCUT2D eigenvalue weighted by Gasteiger charge is 2.02. The van der Waals surface area contributed by atoms with Gasteiger partial charge in [-0.2, -0.15) is 0 Å². The van der Waals surface area contributed by atoms with Crippen LogP contribution in [0.2, 0.25) is 0 Å². The van der Waals surface area contributed by atoms with Crippen LogP contribution in [0.15, 0.2) is 29.8 Å². The van der Waals surface area contributed by atoms with Crippen LogP contribution >= 0.6 is 0 Å². The van der Waals surface area contributed by atoms with Crippen LogP contribution < -0.4 is 0 Å². The number of hydrogen-bond acceptors (Lipinski definition) is 2. The first-order valence-corrected chi connectivity index (χ1v) is 4.11. The molecule has 0 aliphatic rings. The zero-order chi connectivity index (χ0) is 9.84. The Morgan fingerprint density at radius 2 is 2.15 bits per heavy atom. The Balaban J connectivity index is 3.31. The van der Waals surface area contributed by atoms with Gasteiger partial charge in [-0.15, -0.1) is 0 Å². The third kappa shape index (κ3) is 2.18. The molecule has 0 aliphatic heterocycles. The van der Waals surface area contributed by atoms with Crippen molar-refractivity contribution >= 4 is 17.5 Å². The monoisotopic (exact) mass is 175 g/mol. The molecule has 0 unspecified atom stereocenters. The number of phenols is 1. The van der Waals surface area contributed by atoms with Crippen LogP contribution in [0.3, 0.4) is 0 Å². The second-order valence-corrected chi connectivity index (χ2v) is 2.98. The molecule has 0 aromatic heterocycles. The highest BCUT2D eigenvalue weighted by molar-refractivity contribution is 5.85. The number of hydrogen-bond donors (Lipinski definition) is 1. The van der Waals surface area contributed by atoms with Gasteiger partial charge in [-0.05, 0) is 19.9 Å². The Hall–Kier alpha value is -1.57. The van der Waals surface area contributed by atoms with Crippen molar-refractivity contribution in [1.82, 2.24) is 0 Å². The molecule has 0 saturated carbocycles. The van der Waals surface area contributed by atoms with E-state index in [1.807, 2.05) is 19.9 Å². The van der Waals surface area contributed by atoms with Gasteiger partial charge < -0.3 is 5.11 Å². The number of nitrogens with zero attached hydrogens (tertiary/aromatic N) is 1. The van der Waals surface area contributed by atoms with Crippen LogP contribution in [0.1, 0.15) is 19.4 Å². The number of aromatic hydroxyl groups is 1. The minimum Gasteiger partial charge on any atom is -0.506 e.